The van der Waals surface area contributed by atoms with Gasteiger partial charge in [0.1, 0.15) is 5.82 Å². The van der Waals surface area contributed by atoms with Crippen molar-refractivity contribution < 1.29 is 9.18 Å². The van der Waals surface area contributed by atoms with E-state index in [1.54, 1.807) is 12.1 Å². The number of amides is 1. The minimum absolute atomic E-state index is 0.0847. The maximum atomic E-state index is 13.0. The van der Waals surface area contributed by atoms with Crippen molar-refractivity contribution in [3.8, 4) is 0 Å². The first kappa shape index (κ1) is 14.3. The van der Waals surface area contributed by atoms with Crippen LogP contribution in [-0.2, 0) is 6.42 Å². The molecule has 0 atom stereocenters. The SMILES string of the molecule is CCc1ccc(NC(=O)c2ccc(F)c(Cl)c2)cc1N. The lowest BCUT2D eigenvalue weighted by molar-refractivity contribution is 0.102. The highest BCUT2D eigenvalue weighted by Crippen LogP contribution is 2.20. The van der Waals surface area contributed by atoms with Gasteiger partial charge in [0.15, 0.2) is 0 Å². The Morgan fingerprint density at radius 1 is 1.30 bits per heavy atom. The van der Waals surface area contributed by atoms with Gasteiger partial charge in [0, 0.05) is 16.9 Å². The summed E-state index contributed by atoms with van der Waals surface area (Å²) < 4.78 is 13.0. The van der Waals surface area contributed by atoms with E-state index in [1.807, 2.05) is 13.0 Å². The zero-order valence-corrected chi connectivity index (χ0v) is 11.7. The molecular weight excluding hydrogens is 279 g/mol. The van der Waals surface area contributed by atoms with E-state index in [9.17, 15) is 9.18 Å². The normalized spacial score (nSPS) is 10.3. The fourth-order valence-electron chi connectivity index (χ4n) is 1.84. The van der Waals surface area contributed by atoms with Crippen LogP contribution in [0.25, 0.3) is 0 Å². The number of halogens is 2. The second-order valence-electron chi connectivity index (χ2n) is 4.35. The third-order valence-electron chi connectivity index (χ3n) is 2.97. The molecule has 2 aromatic rings. The van der Waals surface area contributed by atoms with Gasteiger partial charge in [0.25, 0.3) is 5.91 Å². The molecule has 0 bridgehead atoms. The van der Waals surface area contributed by atoms with Crippen molar-refractivity contribution in [2.24, 2.45) is 0 Å². The van der Waals surface area contributed by atoms with Crippen LogP contribution >= 0.6 is 11.6 Å². The molecule has 104 valence electrons. The van der Waals surface area contributed by atoms with E-state index in [1.165, 1.54) is 12.1 Å². The molecule has 3 nitrogen and oxygen atoms in total. The quantitative estimate of drug-likeness (QED) is 0.844. The Morgan fingerprint density at radius 3 is 2.65 bits per heavy atom. The molecule has 0 fully saturated rings. The Labute approximate surface area is 121 Å². The summed E-state index contributed by atoms with van der Waals surface area (Å²) in [6, 6.07) is 9.16. The van der Waals surface area contributed by atoms with Crippen molar-refractivity contribution in [2.75, 3.05) is 11.1 Å². The lowest BCUT2D eigenvalue weighted by Crippen LogP contribution is -2.12. The molecule has 0 radical (unpaired) electrons. The first-order valence-electron chi connectivity index (χ1n) is 6.16. The molecule has 0 aliphatic rings. The number of anilines is 2. The lowest BCUT2D eigenvalue weighted by atomic mass is 10.1. The summed E-state index contributed by atoms with van der Waals surface area (Å²) in [6.07, 6.45) is 0.827. The van der Waals surface area contributed by atoms with E-state index in [4.69, 9.17) is 17.3 Å². The van der Waals surface area contributed by atoms with E-state index in [0.717, 1.165) is 18.1 Å². The number of hydrogen-bond donors (Lipinski definition) is 2. The van der Waals surface area contributed by atoms with Gasteiger partial charge in [-0.2, -0.15) is 0 Å². The molecule has 0 unspecified atom stereocenters. The van der Waals surface area contributed by atoms with Gasteiger partial charge < -0.3 is 11.1 Å². The number of rotatable bonds is 3. The Hall–Kier alpha value is -2.07. The zero-order valence-electron chi connectivity index (χ0n) is 10.9. The van der Waals surface area contributed by atoms with Crippen LogP contribution in [-0.4, -0.2) is 5.91 Å². The van der Waals surface area contributed by atoms with E-state index in [2.05, 4.69) is 5.32 Å². The van der Waals surface area contributed by atoms with Crippen LogP contribution in [0.15, 0.2) is 36.4 Å². The van der Waals surface area contributed by atoms with E-state index in [0.29, 0.717) is 11.4 Å². The van der Waals surface area contributed by atoms with Crippen LogP contribution in [0.4, 0.5) is 15.8 Å². The predicted octanol–water partition coefficient (Wildman–Crippen LogP) is 3.88. The highest BCUT2D eigenvalue weighted by Gasteiger charge is 2.09. The molecule has 20 heavy (non-hydrogen) atoms. The highest BCUT2D eigenvalue weighted by atomic mass is 35.5. The number of hydrogen-bond acceptors (Lipinski definition) is 2. The average molecular weight is 293 g/mol. The molecule has 0 spiro atoms. The van der Waals surface area contributed by atoms with Gasteiger partial charge in [-0.15, -0.1) is 0 Å². The average Bonchev–Trinajstić information content (AvgIpc) is 2.42. The monoisotopic (exact) mass is 292 g/mol. The topological polar surface area (TPSA) is 55.1 Å². The van der Waals surface area contributed by atoms with Gasteiger partial charge in [0.05, 0.1) is 5.02 Å². The van der Waals surface area contributed by atoms with Crippen molar-refractivity contribution in [3.05, 3.63) is 58.4 Å². The van der Waals surface area contributed by atoms with Crippen LogP contribution in [0.3, 0.4) is 0 Å². The van der Waals surface area contributed by atoms with Gasteiger partial charge in [-0.3, -0.25) is 4.79 Å². The summed E-state index contributed by atoms with van der Waals surface area (Å²) in [7, 11) is 0. The molecule has 0 aliphatic heterocycles. The summed E-state index contributed by atoms with van der Waals surface area (Å²) in [5.74, 6) is -0.921. The summed E-state index contributed by atoms with van der Waals surface area (Å²) >= 11 is 5.65. The third-order valence-corrected chi connectivity index (χ3v) is 3.26. The van der Waals surface area contributed by atoms with Crippen molar-refractivity contribution >= 4 is 28.9 Å². The largest absolute Gasteiger partial charge is 0.398 e. The molecule has 1 amide bonds. The lowest BCUT2D eigenvalue weighted by Gasteiger charge is -2.09. The number of nitrogens with two attached hydrogens (primary N) is 1. The number of benzene rings is 2. The maximum Gasteiger partial charge on any atom is 0.255 e. The number of nitrogen functional groups attached to an aromatic ring is 1. The first-order chi connectivity index (χ1) is 9.51. The van der Waals surface area contributed by atoms with Gasteiger partial charge in [0.2, 0.25) is 0 Å². The molecule has 0 aromatic heterocycles. The zero-order chi connectivity index (χ0) is 14.7. The molecule has 0 heterocycles. The molecule has 0 saturated heterocycles. The fourth-order valence-corrected chi connectivity index (χ4v) is 2.02. The number of carbonyl (C=O) groups excluding carboxylic acids is 1. The van der Waals surface area contributed by atoms with Crippen molar-refractivity contribution in [1.82, 2.24) is 0 Å². The second-order valence-corrected chi connectivity index (χ2v) is 4.76. The molecule has 0 saturated carbocycles. The van der Waals surface area contributed by atoms with Crippen LogP contribution < -0.4 is 11.1 Å². The van der Waals surface area contributed by atoms with Gasteiger partial charge >= 0.3 is 0 Å². The molecule has 2 aromatic carbocycles. The highest BCUT2D eigenvalue weighted by molar-refractivity contribution is 6.31. The van der Waals surface area contributed by atoms with Crippen molar-refractivity contribution in [2.45, 2.75) is 13.3 Å². The minimum Gasteiger partial charge on any atom is -0.398 e. The Morgan fingerprint density at radius 2 is 2.05 bits per heavy atom. The standard InChI is InChI=1S/C15H14ClFN2O/c1-2-9-3-5-11(8-14(9)18)19-15(20)10-4-6-13(17)12(16)7-10/h3-8H,2,18H2,1H3,(H,19,20). The number of aryl methyl sites for hydroxylation is 1. The Bertz CT molecular complexity index is 658. The predicted molar refractivity (Wildman–Crippen MR) is 79.6 cm³/mol. The maximum absolute atomic E-state index is 13.0. The van der Waals surface area contributed by atoms with Gasteiger partial charge in [-0.1, -0.05) is 24.6 Å². The summed E-state index contributed by atoms with van der Waals surface area (Å²) in [4.78, 5) is 12.0. The molecule has 0 aliphatic carbocycles. The van der Waals surface area contributed by atoms with E-state index >= 15 is 0 Å². The summed E-state index contributed by atoms with van der Waals surface area (Å²) in [5.41, 5.74) is 8.39. The van der Waals surface area contributed by atoms with Gasteiger partial charge in [-0.25, -0.2) is 4.39 Å². The molecule has 2 rings (SSSR count). The Kier molecular flexibility index (Phi) is 4.25. The van der Waals surface area contributed by atoms with Crippen LogP contribution in [0.5, 0.6) is 0 Å². The van der Waals surface area contributed by atoms with Crippen LogP contribution in [0, 0.1) is 5.82 Å². The second kappa shape index (κ2) is 5.92. The summed E-state index contributed by atoms with van der Waals surface area (Å²) in [5, 5.41) is 2.61. The van der Waals surface area contributed by atoms with Crippen LogP contribution in [0.2, 0.25) is 5.02 Å². The minimum atomic E-state index is -0.556. The number of carbonyl (C=O) groups is 1. The van der Waals surface area contributed by atoms with Crippen LogP contribution in [0.1, 0.15) is 22.8 Å². The number of nitrogens with one attached hydrogen (secondary N) is 1. The smallest absolute Gasteiger partial charge is 0.255 e. The van der Waals surface area contributed by atoms with Gasteiger partial charge in [-0.05, 0) is 42.3 Å². The first-order valence-corrected chi connectivity index (χ1v) is 6.54. The third kappa shape index (κ3) is 3.08. The molecule has 3 N–H and O–H groups in total. The van der Waals surface area contributed by atoms with Crippen molar-refractivity contribution in [1.29, 1.82) is 0 Å². The van der Waals surface area contributed by atoms with Crippen molar-refractivity contribution in [3.63, 3.8) is 0 Å². The van der Waals surface area contributed by atoms with E-state index < -0.39 is 5.82 Å². The molecule has 5 heteroatoms. The summed E-state index contributed by atoms with van der Waals surface area (Å²) in [6.45, 7) is 2.00. The Balaban J connectivity index is 2.19. The van der Waals surface area contributed by atoms with E-state index in [-0.39, 0.29) is 16.5 Å². The fraction of sp³-hybridized carbons (Fsp3) is 0.133. The molecular formula is C15H14ClFN2O.